The zero-order chi connectivity index (χ0) is 21.3. The molecule has 1 aliphatic heterocycles. The molecule has 1 aromatic heterocycles. The number of rotatable bonds is 4. The highest BCUT2D eigenvalue weighted by Crippen LogP contribution is 2.37. The van der Waals surface area contributed by atoms with Crippen molar-refractivity contribution in [3.05, 3.63) is 57.0 Å². The summed E-state index contributed by atoms with van der Waals surface area (Å²) in [5.74, 6) is -2.39. The van der Waals surface area contributed by atoms with Crippen LogP contribution in [0.15, 0.2) is 23.0 Å². The second-order valence-corrected chi connectivity index (χ2v) is 7.37. The summed E-state index contributed by atoms with van der Waals surface area (Å²) < 4.78 is 30.5. The third-order valence-corrected chi connectivity index (χ3v) is 5.43. The van der Waals surface area contributed by atoms with Crippen molar-refractivity contribution in [3.63, 3.8) is 0 Å². The minimum atomic E-state index is -1.08. The minimum Gasteiger partial charge on any atom is -0.393 e. The second kappa shape index (κ2) is 8.45. The molecule has 7 heteroatoms. The fourth-order valence-electron chi connectivity index (χ4n) is 3.88. The molecule has 0 spiro atoms. The Morgan fingerprint density at radius 3 is 2.55 bits per heavy atom. The molecule has 29 heavy (non-hydrogen) atoms. The van der Waals surface area contributed by atoms with Crippen molar-refractivity contribution in [1.29, 1.82) is 0 Å². The highest BCUT2D eigenvalue weighted by atomic mass is 19.1. The van der Waals surface area contributed by atoms with Gasteiger partial charge in [-0.1, -0.05) is 19.9 Å². The van der Waals surface area contributed by atoms with E-state index in [1.54, 1.807) is 13.0 Å². The van der Waals surface area contributed by atoms with Crippen LogP contribution in [0.25, 0.3) is 0 Å². The number of nitrogens with zero attached hydrogens (tertiary/aromatic N) is 1. The number of carbonyl (C=O) groups is 1. The molecule has 0 amide bonds. The van der Waals surface area contributed by atoms with Crippen molar-refractivity contribution in [1.82, 2.24) is 4.57 Å². The molecule has 2 aromatic rings. The van der Waals surface area contributed by atoms with Gasteiger partial charge in [-0.05, 0) is 50.3 Å². The summed E-state index contributed by atoms with van der Waals surface area (Å²) in [5.41, 5.74) is 0.242. The van der Waals surface area contributed by atoms with Crippen LogP contribution in [-0.2, 0) is 13.0 Å². The molecule has 0 bridgehead atoms. The Kier molecular flexibility index (Phi) is 6.17. The van der Waals surface area contributed by atoms with E-state index in [2.05, 4.69) is 5.32 Å². The van der Waals surface area contributed by atoms with Gasteiger partial charge < -0.3 is 15.0 Å². The lowest BCUT2D eigenvalue weighted by Gasteiger charge is -2.31. The Hall–Kier alpha value is -2.54. The standard InChI is InChI=1S/C20H20F2N2O3.C2H6/c1-10-4-5-14(13(21)7-10)23-18-16(19(26)11-8-12(25)9-11)15-3-2-6-24(15)20(27)17(18)22;1-2/h4-5,7,11-12,23,25H,2-3,6,8-9H2,1H3;1-2H3. The first-order valence-corrected chi connectivity index (χ1v) is 10.1. The van der Waals surface area contributed by atoms with E-state index in [1.165, 1.54) is 16.7 Å². The van der Waals surface area contributed by atoms with Gasteiger partial charge in [-0.25, -0.2) is 4.39 Å². The van der Waals surface area contributed by atoms with Crippen molar-refractivity contribution >= 4 is 17.2 Å². The topological polar surface area (TPSA) is 71.3 Å². The van der Waals surface area contributed by atoms with Crippen LogP contribution in [0.4, 0.5) is 20.2 Å². The van der Waals surface area contributed by atoms with Crippen molar-refractivity contribution < 1.29 is 18.7 Å². The van der Waals surface area contributed by atoms with Crippen LogP contribution in [0.5, 0.6) is 0 Å². The summed E-state index contributed by atoms with van der Waals surface area (Å²) in [4.78, 5) is 25.4. The predicted octanol–water partition coefficient (Wildman–Crippen LogP) is 4.10. The van der Waals surface area contributed by atoms with Crippen LogP contribution in [0, 0.1) is 24.5 Å². The number of aliphatic hydroxyl groups excluding tert-OH is 1. The fraction of sp³-hybridized carbons (Fsp3) is 0.455. The Morgan fingerprint density at radius 2 is 1.93 bits per heavy atom. The number of anilines is 2. The van der Waals surface area contributed by atoms with Gasteiger partial charge in [-0.2, -0.15) is 4.39 Å². The van der Waals surface area contributed by atoms with E-state index >= 15 is 0 Å². The zero-order valence-corrected chi connectivity index (χ0v) is 16.9. The predicted molar refractivity (Wildman–Crippen MR) is 108 cm³/mol. The number of Topliss-reactive ketones (excluding diaryl/α,β-unsaturated/α-hetero) is 1. The monoisotopic (exact) mass is 404 g/mol. The third kappa shape index (κ3) is 3.83. The molecular formula is C22H26F2N2O3. The molecule has 2 heterocycles. The molecule has 1 saturated carbocycles. The number of hydrogen-bond donors (Lipinski definition) is 2. The van der Waals surface area contributed by atoms with Gasteiger partial charge in [0.05, 0.1) is 23.0 Å². The summed E-state index contributed by atoms with van der Waals surface area (Å²) >= 11 is 0. The third-order valence-electron chi connectivity index (χ3n) is 5.43. The van der Waals surface area contributed by atoms with Gasteiger partial charge in [-0.3, -0.25) is 9.59 Å². The van der Waals surface area contributed by atoms with Crippen molar-refractivity contribution in [2.75, 3.05) is 5.32 Å². The van der Waals surface area contributed by atoms with Gasteiger partial charge in [-0.15, -0.1) is 0 Å². The van der Waals surface area contributed by atoms with Gasteiger partial charge in [0, 0.05) is 18.2 Å². The smallest absolute Gasteiger partial charge is 0.289 e. The van der Waals surface area contributed by atoms with E-state index in [1.807, 2.05) is 13.8 Å². The average Bonchev–Trinajstić information content (AvgIpc) is 3.16. The number of aryl methyl sites for hydroxylation is 1. The Labute approximate surface area is 168 Å². The van der Waals surface area contributed by atoms with E-state index in [0.717, 1.165) is 0 Å². The van der Waals surface area contributed by atoms with E-state index in [-0.39, 0.29) is 22.7 Å². The Morgan fingerprint density at radius 1 is 1.24 bits per heavy atom. The fourth-order valence-corrected chi connectivity index (χ4v) is 3.88. The SMILES string of the molecule is CC.Cc1ccc(Nc2c(C(=O)C3CC(O)C3)c3n(c(=O)c2F)CCC3)c(F)c1. The number of fused-ring (bicyclic) bond motifs is 1. The van der Waals surface area contributed by atoms with Crippen molar-refractivity contribution in [3.8, 4) is 0 Å². The van der Waals surface area contributed by atoms with Gasteiger partial charge >= 0.3 is 0 Å². The molecular weight excluding hydrogens is 378 g/mol. The highest BCUT2D eigenvalue weighted by molar-refractivity contribution is 6.05. The normalized spacial score (nSPS) is 19.7. The first-order chi connectivity index (χ1) is 13.9. The van der Waals surface area contributed by atoms with E-state index in [0.29, 0.717) is 43.5 Å². The first kappa shape index (κ1) is 21.2. The van der Waals surface area contributed by atoms with E-state index in [4.69, 9.17) is 0 Å². The maximum absolute atomic E-state index is 14.9. The number of halogens is 2. The second-order valence-electron chi connectivity index (χ2n) is 7.37. The van der Waals surface area contributed by atoms with E-state index in [9.17, 15) is 23.5 Å². The number of carbonyl (C=O) groups excluding carboxylic acids is 1. The van der Waals surface area contributed by atoms with E-state index < -0.39 is 29.2 Å². The molecule has 1 aliphatic carbocycles. The van der Waals surface area contributed by atoms with Crippen molar-refractivity contribution in [2.45, 2.75) is 59.1 Å². The summed E-state index contributed by atoms with van der Waals surface area (Å²) in [6.45, 7) is 6.09. The molecule has 2 aliphatic rings. The Bertz CT molecular complexity index is 995. The molecule has 4 rings (SSSR count). The largest absolute Gasteiger partial charge is 0.393 e. The zero-order valence-electron chi connectivity index (χ0n) is 16.9. The maximum Gasteiger partial charge on any atom is 0.289 e. The molecule has 156 valence electrons. The lowest BCUT2D eigenvalue weighted by Crippen LogP contribution is -2.36. The quantitative estimate of drug-likeness (QED) is 0.753. The molecule has 2 N–H and O–H groups in total. The van der Waals surface area contributed by atoms with Crippen LogP contribution in [-0.4, -0.2) is 21.6 Å². The summed E-state index contributed by atoms with van der Waals surface area (Å²) in [6.07, 6.45) is 1.23. The number of aliphatic hydroxyl groups is 1. The van der Waals surface area contributed by atoms with Crippen LogP contribution in [0.2, 0.25) is 0 Å². The maximum atomic E-state index is 14.9. The molecule has 0 saturated heterocycles. The molecule has 0 radical (unpaired) electrons. The van der Waals surface area contributed by atoms with Crippen LogP contribution < -0.4 is 10.9 Å². The van der Waals surface area contributed by atoms with Crippen molar-refractivity contribution in [2.24, 2.45) is 5.92 Å². The first-order valence-electron chi connectivity index (χ1n) is 10.1. The molecule has 1 aromatic carbocycles. The number of benzene rings is 1. The van der Waals surface area contributed by atoms with Crippen LogP contribution in [0.3, 0.4) is 0 Å². The number of ketones is 1. The summed E-state index contributed by atoms with van der Waals surface area (Å²) in [5, 5.41) is 12.2. The number of hydrogen-bond acceptors (Lipinski definition) is 4. The Balaban J connectivity index is 0.00000117. The molecule has 0 unspecified atom stereocenters. The lowest BCUT2D eigenvalue weighted by molar-refractivity contribution is 0.0367. The van der Waals surface area contributed by atoms with Gasteiger partial charge in [0.25, 0.3) is 5.56 Å². The minimum absolute atomic E-state index is 0.00420. The van der Waals surface area contributed by atoms with Gasteiger partial charge in [0.2, 0.25) is 5.82 Å². The van der Waals surface area contributed by atoms with Gasteiger partial charge in [0.1, 0.15) is 5.82 Å². The average molecular weight is 404 g/mol. The molecule has 5 nitrogen and oxygen atoms in total. The summed E-state index contributed by atoms with van der Waals surface area (Å²) in [6, 6.07) is 4.41. The summed E-state index contributed by atoms with van der Waals surface area (Å²) in [7, 11) is 0. The molecule has 0 atom stereocenters. The van der Waals surface area contributed by atoms with Crippen LogP contribution in [0.1, 0.15) is 54.7 Å². The highest BCUT2D eigenvalue weighted by Gasteiger charge is 2.38. The number of pyridine rings is 1. The number of nitrogens with one attached hydrogen (secondary N) is 1. The molecule has 1 fully saturated rings. The number of aromatic nitrogens is 1. The van der Waals surface area contributed by atoms with Gasteiger partial charge in [0.15, 0.2) is 5.78 Å². The lowest BCUT2D eigenvalue weighted by atomic mass is 9.77. The van der Waals surface area contributed by atoms with Crippen LogP contribution >= 0.6 is 0 Å².